The van der Waals surface area contributed by atoms with Crippen molar-refractivity contribution >= 4 is 11.4 Å². The van der Waals surface area contributed by atoms with E-state index in [0.717, 1.165) is 5.56 Å². The molecule has 3 N–H and O–H groups in total. The van der Waals surface area contributed by atoms with E-state index in [1.165, 1.54) is 18.2 Å². The van der Waals surface area contributed by atoms with E-state index in [0.29, 0.717) is 23.7 Å². The fourth-order valence-corrected chi connectivity index (χ4v) is 1.89. The Balaban J connectivity index is 2.21. The maximum atomic E-state index is 13.1. The quantitative estimate of drug-likeness (QED) is 0.839. The summed E-state index contributed by atoms with van der Waals surface area (Å²) in [6.45, 7) is 0.425. The molecule has 0 atom stereocenters. The number of methoxy groups -OCH3 is 1. The fraction of sp³-hybridized carbons (Fsp3) is 0.133. The highest BCUT2D eigenvalue weighted by molar-refractivity contribution is 5.58. The molecular weight excluding hydrogens is 257 g/mol. The van der Waals surface area contributed by atoms with Crippen molar-refractivity contribution in [2.45, 2.75) is 6.54 Å². The Morgan fingerprint density at radius 2 is 2.10 bits per heavy atom. The lowest BCUT2D eigenvalue weighted by atomic mass is 10.1. The molecule has 0 radical (unpaired) electrons. The van der Waals surface area contributed by atoms with Gasteiger partial charge in [-0.25, -0.2) is 4.39 Å². The summed E-state index contributed by atoms with van der Waals surface area (Å²) >= 11 is 0. The monoisotopic (exact) mass is 271 g/mol. The summed E-state index contributed by atoms with van der Waals surface area (Å²) in [6, 6.07) is 11.3. The van der Waals surface area contributed by atoms with Gasteiger partial charge in [-0.1, -0.05) is 0 Å². The number of nitrogens with two attached hydrogens (primary N) is 1. The lowest BCUT2D eigenvalue weighted by Gasteiger charge is -2.12. The zero-order valence-corrected chi connectivity index (χ0v) is 11.0. The molecule has 0 spiro atoms. The number of nitrogens with zero attached hydrogens (tertiary/aromatic N) is 1. The number of rotatable bonds is 4. The van der Waals surface area contributed by atoms with Gasteiger partial charge in [0.05, 0.1) is 18.4 Å². The molecule has 0 saturated heterocycles. The number of halogens is 1. The van der Waals surface area contributed by atoms with Crippen molar-refractivity contribution in [2.24, 2.45) is 0 Å². The first-order chi connectivity index (χ1) is 9.63. The Morgan fingerprint density at radius 3 is 2.80 bits per heavy atom. The third-order valence-corrected chi connectivity index (χ3v) is 2.88. The van der Waals surface area contributed by atoms with Crippen molar-refractivity contribution in [1.29, 1.82) is 5.26 Å². The Labute approximate surface area is 116 Å². The minimum atomic E-state index is -0.436. The molecule has 4 nitrogen and oxygen atoms in total. The van der Waals surface area contributed by atoms with E-state index in [1.807, 2.05) is 6.07 Å². The molecule has 2 aromatic carbocycles. The smallest absolute Gasteiger partial charge is 0.124 e. The van der Waals surface area contributed by atoms with Crippen molar-refractivity contribution in [2.75, 3.05) is 18.2 Å². The molecule has 20 heavy (non-hydrogen) atoms. The lowest BCUT2D eigenvalue weighted by Crippen LogP contribution is -2.04. The van der Waals surface area contributed by atoms with Gasteiger partial charge in [0.1, 0.15) is 17.6 Å². The first kappa shape index (κ1) is 13.7. The standard InChI is InChI=1S/C15H14FN3O/c1-20-15-5-3-13(18)7-11(15)9-19-14-4-2-12(16)6-10(14)8-17/h2-7,19H,9,18H2,1H3. The zero-order valence-electron chi connectivity index (χ0n) is 11.0. The molecule has 5 heteroatoms. The average Bonchev–Trinajstić information content (AvgIpc) is 2.46. The number of hydrogen-bond donors (Lipinski definition) is 2. The van der Waals surface area contributed by atoms with Gasteiger partial charge in [0.25, 0.3) is 0 Å². The summed E-state index contributed by atoms with van der Waals surface area (Å²) in [7, 11) is 1.58. The highest BCUT2D eigenvalue weighted by Gasteiger charge is 2.06. The predicted octanol–water partition coefficient (Wildman–Crippen LogP) is 2.90. The molecule has 0 saturated carbocycles. The number of nitrogens with one attached hydrogen (secondary N) is 1. The summed E-state index contributed by atoms with van der Waals surface area (Å²) < 4.78 is 18.3. The van der Waals surface area contributed by atoms with Gasteiger partial charge >= 0.3 is 0 Å². The van der Waals surface area contributed by atoms with E-state index in [2.05, 4.69) is 5.32 Å². The van der Waals surface area contributed by atoms with Crippen LogP contribution in [0.4, 0.5) is 15.8 Å². The van der Waals surface area contributed by atoms with Gasteiger partial charge in [0, 0.05) is 17.8 Å². The van der Waals surface area contributed by atoms with Crippen molar-refractivity contribution in [3.05, 3.63) is 53.3 Å². The van der Waals surface area contributed by atoms with Crippen LogP contribution >= 0.6 is 0 Å². The number of anilines is 2. The Morgan fingerprint density at radius 1 is 1.30 bits per heavy atom. The number of benzene rings is 2. The number of nitriles is 1. The van der Waals surface area contributed by atoms with Crippen LogP contribution in [-0.2, 0) is 6.54 Å². The third kappa shape index (κ3) is 2.98. The van der Waals surface area contributed by atoms with Gasteiger partial charge in [-0.3, -0.25) is 0 Å². The van der Waals surface area contributed by atoms with Gasteiger partial charge < -0.3 is 15.8 Å². The molecule has 0 aromatic heterocycles. The van der Waals surface area contributed by atoms with Crippen LogP contribution in [0.3, 0.4) is 0 Å². The Kier molecular flexibility index (Phi) is 4.06. The fourth-order valence-electron chi connectivity index (χ4n) is 1.89. The SMILES string of the molecule is COc1ccc(N)cc1CNc1ccc(F)cc1C#N. The van der Waals surface area contributed by atoms with Crippen LogP contribution in [0.2, 0.25) is 0 Å². The van der Waals surface area contributed by atoms with E-state index >= 15 is 0 Å². The Bertz CT molecular complexity index is 665. The minimum absolute atomic E-state index is 0.257. The summed E-state index contributed by atoms with van der Waals surface area (Å²) in [5, 5.41) is 12.1. The lowest BCUT2D eigenvalue weighted by molar-refractivity contribution is 0.410. The van der Waals surface area contributed by atoms with Gasteiger partial charge in [-0.05, 0) is 36.4 Å². The molecule has 0 unspecified atom stereocenters. The Hall–Kier alpha value is -2.74. The largest absolute Gasteiger partial charge is 0.496 e. The van der Waals surface area contributed by atoms with Crippen LogP contribution in [0.1, 0.15) is 11.1 Å². The average molecular weight is 271 g/mol. The molecule has 0 heterocycles. The highest BCUT2D eigenvalue weighted by Crippen LogP contribution is 2.23. The second-order valence-electron chi connectivity index (χ2n) is 4.23. The van der Waals surface area contributed by atoms with Crippen molar-refractivity contribution in [3.8, 4) is 11.8 Å². The van der Waals surface area contributed by atoms with Crippen molar-refractivity contribution in [1.82, 2.24) is 0 Å². The van der Waals surface area contributed by atoms with Crippen LogP contribution in [-0.4, -0.2) is 7.11 Å². The summed E-state index contributed by atoms with van der Waals surface area (Å²) in [6.07, 6.45) is 0. The van der Waals surface area contributed by atoms with Crippen molar-refractivity contribution < 1.29 is 9.13 Å². The third-order valence-electron chi connectivity index (χ3n) is 2.88. The summed E-state index contributed by atoms with van der Waals surface area (Å²) in [4.78, 5) is 0. The van der Waals surface area contributed by atoms with Crippen LogP contribution < -0.4 is 15.8 Å². The van der Waals surface area contributed by atoms with Crippen LogP contribution in [0.15, 0.2) is 36.4 Å². The van der Waals surface area contributed by atoms with Crippen LogP contribution in [0.5, 0.6) is 5.75 Å². The zero-order chi connectivity index (χ0) is 14.5. The van der Waals surface area contributed by atoms with E-state index in [4.69, 9.17) is 15.7 Å². The second-order valence-corrected chi connectivity index (χ2v) is 4.23. The van der Waals surface area contributed by atoms with Gasteiger partial charge in [-0.2, -0.15) is 5.26 Å². The topological polar surface area (TPSA) is 71.1 Å². The predicted molar refractivity (Wildman–Crippen MR) is 75.8 cm³/mol. The highest BCUT2D eigenvalue weighted by atomic mass is 19.1. The maximum Gasteiger partial charge on any atom is 0.124 e. The first-order valence-corrected chi connectivity index (χ1v) is 6.00. The van der Waals surface area contributed by atoms with Crippen LogP contribution in [0, 0.1) is 17.1 Å². The van der Waals surface area contributed by atoms with Gasteiger partial charge in [0.15, 0.2) is 0 Å². The second kappa shape index (κ2) is 5.93. The molecule has 0 aliphatic heterocycles. The van der Waals surface area contributed by atoms with E-state index in [-0.39, 0.29) is 5.56 Å². The van der Waals surface area contributed by atoms with E-state index < -0.39 is 5.82 Å². The molecule has 2 aromatic rings. The molecular formula is C15H14FN3O. The molecule has 0 aliphatic rings. The van der Waals surface area contributed by atoms with E-state index in [1.54, 1.807) is 25.3 Å². The molecule has 0 amide bonds. The summed E-state index contributed by atoms with van der Waals surface area (Å²) in [5.74, 6) is 0.265. The number of ether oxygens (including phenoxy) is 1. The minimum Gasteiger partial charge on any atom is -0.496 e. The molecule has 2 rings (SSSR count). The molecule has 0 bridgehead atoms. The summed E-state index contributed by atoms with van der Waals surface area (Å²) in [5.41, 5.74) is 8.06. The van der Waals surface area contributed by atoms with Crippen LogP contribution in [0.25, 0.3) is 0 Å². The molecule has 0 aliphatic carbocycles. The van der Waals surface area contributed by atoms with Gasteiger partial charge in [-0.15, -0.1) is 0 Å². The maximum absolute atomic E-state index is 13.1. The molecule has 102 valence electrons. The molecule has 0 fully saturated rings. The number of hydrogen-bond acceptors (Lipinski definition) is 4. The van der Waals surface area contributed by atoms with E-state index in [9.17, 15) is 4.39 Å². The number of nitrogen functional groups attached to an aromatic ring is 1. The first-order valence-electron chi connectivity index (χ1n) is 6.00. The van der Waals surface area contributed by atoms with Gasteiger partial charge in [0.2, 0.25) is 0 Å². The normalized spacial score (nSPS) is 9.85. The van der Waals surface area contributed by atoms with Crippen molar-refractivity contribution in [3.63, 3.8) is 0 Å².